The number of aromatic nitrogens is 1. The van der Waals surface area contributed by atoms with Crippen LogP contribution in [-0.4, -0.2) is 22.4 Å². The summed E-state index contributed by atoms with van der Waals surface area (Å²) < 4.78 is 0.862. The molecule has 1 N–H and O–H groups in total. The molecule has 0 radical (unpaired) electrons. The highest BCUT2D eigenvalue weighted by molar-refractivity contribution is 8.01. The molecule has 4 nitrogen and oxygen atoms in total. The summed E-state index contributed by atoms with van der Waals surface area (Å²) in [5, 5.41) is 2.90. The van der Waals surface area contributed by atoms with Crippen LogP contribution in [0.5, 0.6) is 0 Å². The molecule has 1 aromatic carbocycles. The predicted octanol–water partition coefficient (Wildman–Crippen LogP) is 7.84. The van der Waals surface area contributed by atoms with Crippen LogP contribution in [0.2, 0.25) is 0 Å². The number of hydrogen-bond donors (Lipinski definition) is 1. The quantitative estimate of drug-likeness (QED) is 0.342. The van der Waals surface area contributed by atoms with Crippen LogP contribution in [0.15, 0.2) is 34.7 Å². The van der Waals surface area contributed by atoms with E-state index in [0.29, 0.717) is 22.2 Å². The Balaban J connectivity index is 0.00000176. The number of anilines is 1. The summed E-state index contributed by atoms with van der Waals surface area (Å²) in [6.07, 6.45) is 9.24. The smallest absolute Gasteiger partial charge is 0.230 e. The highest BCUT2D eigenvalue weighted by Gasteiger charge is 2.27. The molecule has 0 aliphatic heterocycles. The summed E-state index contributed by atoms with van der Waals surface area (Å²) in [6, 6.07) is 9.21. The molecule has 1 heterocycles. The SMILES string of the molecule is CC.CC(C)(C)C(=O)Nc1nc(SCC2CCCCCCC2)sc1C(=O)c1ccccc1. The molecule has 1 fully saturated rings. The van der Waals surface area contributed by atoms with E-state index in [2.05, 4.69) is 10.3 Å². The minimum absolute atomic E-state index is 0.0879. The van der Waals surface area contributed by atoms with Crippen LogP contribution in [0.1, 0.15) is 94.8 Å². The van der Waals surface area contributed by atoms with Crippen molar-refractivity contribution in [2.24, 2.45) is 11.3 Å². The van der Waals surface area contributed by atoms with Crippen molar-refractivity contribution in [1.29, 1.82) is 0 Å². The number of rotatable bonds is 6. The maximum absolute atomic E-state index is 13.1. The van der Waals surface area contributed by atoms with Gasteiger partial charge in [0.05, 0.1) is 0 Å². The molecule has 2 aromatic rings. The van der Waals surface area contributed by atoms with Crippen LogP contribution >= 0.6 is 23.1 Å². The van der Waals surface area contributed by atoms with E-state index < -0.39 is 5.41 Å². The number of thioether (sulfide) groups is 1. The summed E-state index contributed by atoms with van der Waals surface area (Å²) in [5.74, 6) is 1.91. The van der Waals surface area contributed by atoms with Crippen LogP contribution in [-0.2, 0) is 4.79 Å². The summed E-state index contributed by atoms with van der Waals surface area (Å²) >= 11 is 3.13. The first kappa shape index (κ1) is 26.6. The fourth-order valence-corrected chi connectivity index (χ4v) is 5.79. The van der Waals surface area contributed by atoms with Gasteiger partial charge < -0.3 is 5.32 Å². The van der Waals surface area contributed by atoms with E-state index in [0.717, 1.165) is 10.1 Å². The Bertz CT molecular complexity index is 848. The van der Waals surface area contributed by atoms with Crippen LogP contribution in [0.4, 0.5) is 5.82 Å². The van der Waals surface area contributed by atoms with Crippen molar-refractivity contribution >= 4 is 40.6 Å². The number of carbonyl (C=O) groups is 2. The molecule has 1 amide bonds. The highest BCUT2D eigenvalue weighted by atomic mass is 32.2. The fourth-order valence-electron chi connectivity index (χ4n) is 3.51. The van der Waals surface area contributed by atoms with Gasteiger partial charge in [0, 0.05) is 16.7 Å². The van der Waals surface area contributed by atoms with Crippen molar-refractivity contribution in [1.82, 2.24) is 4.98 Å². The van der Waals surface area contributed by atoms with Gasteiger partial charge in [0.2, 0.25) is 11.7 Å². The molecule has 1 aliphatic rings. The molecular weight excluding hydrogens is 436 g/mol. The zero-order chi connectivity index (χ0) is 23.6. The third-order valence-electron chi connectivity index (χ3n) is 5.43. The second-order valence-corrected chi connectivity index (χ2v) is 11.3. The Morgan fingerprint density at radius 1 is 1.03 bits per heavy atom. The molecule has 0 atom stereocenters. The normalized spacial score (nSPS) is 15.2. The van der Waals surface area contributed by atoms with Gasteiger partial charge in [-0.05, 0) is 18.8 Å². The van der Waals surface area contributed by atoms with Gasteiger partial charge in [-0.25, -0.2) is 4.98 Å². The van der Waals surface area contributed by atoms with E-state index in [1.165, 1.54) is 56.3 Å². The molecule has 0 bridgehead atoms. The second-order valence-electron chi connectivity index (χ2n) is 9.08. The number of thiazole rings is 1. The van der Waals surface area contributed by atoms with Gasteiger partial charge in [0.25, 0.3) is 0 Å². The molecule has 0 saturated heterocycles. The Morgan fingerprint density at radius 3 is 2.22 bits per heavy atom. The van der Waals surface area contributed by atoms with Crippen molar-refractivity contribution < 1.29 is 9.59 Å². The lowest BCUT2D eigenvalue weighted by Crippen LogP contribution is -2.28. The number of ketones is 1. The molecule has 1 aromatic heterocycles. The van der Waals surface area contributed by atoms with Crippen molar-refractivity contribution in [3.63, 3.8) is 0 Å². The first-order valence-electron chi connectivity index (χ1n) is 11.9. The van der Waals surface area contributed by atoms with Gasteiger partial charge in [-0.1, -0.05) is 109 Å². The number of nitrogens with zero attached hydrogens (tertiary/aromatic N) is 1. The van der Waals surface area contributed by atoms with Crippen molar-refractivity contribution in [2.45, 2.75) is 83.9 Å². The van der Waals surface area contributed by atoms with E-state index in [-0.39, 0.29) is 11.7 Å². The third-order valence-corrected chi connectivity index (χ3v) is 7.86. The van der Waals surface area contributed by atoms with Gasteiger partial charge in [-0.3, -0.25) is 9.59 Å². The van der Waals surface area contributed by atoms with Gasteiger partial charge in [-0.15, -0.1) is 11.3 Å². The fraction of sp³-hybridized carbons (Fsp3) is 0.577. The molecule has 1 saturated carbocycles. The molecule has 6 heteroatoms. The van der Waals surface area contributed by atoms with Crippen LogP contribution in [0, 0.1) is 11.3 Å². The minimum Gasteiger partial charge on any atom is -0.309 e. The first-order valence-corrected chi connectivity index (χ1v) is 13.7. The topological polar surface area (TPSA) is 59.1 Å². The molecule has 0 spiro atoms. The highest BCUT2D eigenvalue weighted by Crippen LogP contribution is 2.35. The molecule has 32 heavy (non-hydrogen) atoms. The average Bonchev–Trinajstić information content (AvgIpc) is 3.16. The summed E-state index contributed by atoms with van der Waals surface area (Å²) in [7, 11) is 0. The first-order chi connectivity index (χ1) is 15.3. The molecule has 3 rings (SSSR count). The average molecular weight is 475 g/mol. The zero-order valence-corrected chi connectivity index (χ0v) is 21.8. The number of hydrogen-bond acceptors (Lipinski definition) is 5. The lowest BCUT2D eigenvalue weighted by molar-refractivity contribution is -0.123. The number of amides is 1. The van der Waals surface area contributed by atoms with Gasteiger partial charge >= 0.3 is 0 Å². The third kappa shape index (κ3) is 8.04. The van der Waals surface area contributed by atoms with E-state index in [9.17, 15) is 9.59 Å². The van der Waals surface area contributed by atoms with Gasteiger partial charge in [0.1, 0.15) is 4.88 Å². The monoisotopic (exact) mass is 474 g/mol. The predicted molar refractivity (Wildman–Crippen MR) is 138 cm³/mol. The van der Waals surface area contributed by atoms with Gasteiger partial charge in [-0.2, -0.15) is 0 Å². The van der Waals surface area contributed by atoms with Crippen LogP contribution in [0.25, 0.3) is 0 Å². The minimum atomic E-state index is -0.553. The number of benzene rings is 1. The van der Waals surface area contributed by atoms with Crippen LogP contribution < -0.4 is 5.32 Å². The molecule has 0 unspecified atom stereocenters. The second kappa shape index (κ2) is 13.1. The van der Waals surface area contributed by atoms with Crippen LogP contribution in [0.3, 0.4) is 0 Å². The lowest BCUT2D eigenvalue weighted by Gasteiger charge is -2.18. The largest absolute Gasteiger partial charge is 0.309 e. The lowest BCUT2D eigenvalue weighted by atomic mass is 9.93. The summed E-state index contributed by atoms with van der Waals surface area (Å²) in [6.45, 7) is 9.58. The van der Waals surface area contributed by atoms with Crippen molar-refractivity contribution in [2.75, 3.05) is 11.1 Å². The standard InChI is InChI=1S/C24H32N2O2S2.C2H6/c1-24(2,3)22(28)25-21-20(19(27)18-14-10-7-11-15-18)30-23(26-21)29-16-17-12-8-5-4-6-9-13-17;1-2/h7,10-11,14-15,17H,4-6,8-9,12-13,16H2,1-3H3,(H,25,28);1-2H3. The Hall–Kier alpha value is -1.66. The number of carbonyl (C=O) groups excluding carboxylic acids is 2. The van der Waals surface area contributed by atoms with E-state index in [1.54, 1.807) is 23.9 Å². The van der Waals surface area contributed by atoms with Crippen molar-refractivity contribution in [3.05, 3.63) is 40.8 Å². The van der Waals surface area contributed by atoms with Crippen molar-refractivity contribution in [3.8, 4) is 0 Å². The molecule has 1 aliphatic carbocycles. The van der Waals surface area contributed by atoms with E-state index in [1.807, 2.05) is 52.8 Å². The number of nitrogens with one attached hydrogen (secondary N) is 1. The molecular formula is C26H38N2O2S2. The maximum atomic E-state index is 13.1. The Morgan fingerprint density at radius 2 is 1.62 bits per heavy atom. The zero-order valence-electron chi connectivity index (χ0n) is 20.2. The summed E-state index contributed by atoms with van der Waals surface area (Å²) in [5.41, 5.74) is 0.0621. The molecule has 176 valence electrons. The van der Waals surface area contributed by atoms with E-state index in [4.69, 9.17) is 0 Å². The Kier molecular flexibility index (Phi) is 10.9. The maximum Gasteiger partial charge on any atom is 0.230 e. The summed E-state index contributed by atoms with van der Waals surface area (Å²) in [4.78, 5) is 30.9. The Labute approximate surface area is 202 Å². The van der Waals surface area contributed by atoms with Gasteiger partial charge in [0.15, 0.2) is 10.2 Å². The van der Waals surface area contributed by atoms with E-state index >= 15 is 0 Å².